The Kier molecular flexibility index (Phi) is 6.92. The second kappa shape index (κ2) is 8.96. The number of unbranched alkanes of at least 4 members (excludes halogenated alkanes) is 1. The van der Waals surface area contributed by atoms with E-state index in [1.54, 1.807) is 0 Å². The zero-order valence-corrected chi connectivity index (χ0v) is 16.1. The number of hydrogen-bond donors (Lipinski definition) is 2. The third kappa shape index (κ3) is 5.27. The zero-order chi connectivity index (χ0) is 20.0. The molecule has 0 radical (unpaired) electrons. The van der Waals surface area contributed by atoms with E-state index in [9.17, 15) is 22.8 Å². The highest BCUT2D eigenvalue weighted by Crippen LogP contribution is 2.31. The summed E-state index contributed by atoms with van der Waals surface area (Å²) in [5.41, 5.74) is 0.203. The summed E-state index contributed by atoms with van der Waals surface area (Å²) >= 11 is 0. The number of benzene rings is 1. The number of amides is 3. The van der Waals surface area contributed by atoms with Crippen molar-refractivity contribution in [3.05, 3.63) is 18.2 Å². The fraction of sp³-hybridized carbons (Fsp3) is 0.471. The van der Waals surface area contributed by atoms with Crippen LogP contribution in [0.15, 0.2) is 23.1 Å². The lowest BCUT2D eigenvalue weighted by Crippen LogP contribution is -2.30. The van der Waals surface area contributed by atoms with Crippen molar-refractivity contribution in [2.45, 2.75) is 37.5 Å². The number of ether oxygens (including phenoxy) is 1. The van der Waals surface area contributed by atoms with Gasteiger partial charge < -0.3 is 10.1 Å². The van der Waals surface area contributed by atoms with Crippen LogP contribution in [0.2, 0.25) is 0 Å². The number of carbonyl (C=O) groups is 3. The number of imide groups is 1. The largest absolute Gasteiger partial charge is 0.495 e. The molecule has 148 valence electrons. The SMILES string of the molecule is COc1ccc(N2C(=O)CCC2=O)cc1S(=O)(=O)NCCCCNC(C)=O. The molecule has 0 atom stereocenters. The van der Waals surface area contributed by atoms with Crippen LogP contribution >= 0.6 is 0 Å². The number of methoxy groups -OCH3 is 1. The van der Waals surface area contributed by atoms with Crippen LogP contribution in [0.1, 0.15) is 32.6 Å². The topological polar surface area (TPSA) is 122 Å². The first-order valence-corrected chi connectivity index (χ1v) is 10.0. The molecule has 27 heavy (non-hydrogen) atoms. The van der Waals surface area contributed by atoms with Crippen LogP contribution in [0, 0.1) is 0 Å². The van der Waals surface area contributed by atoms with Crippen LogP contribution in [0.25, 0.3) is 0 Å². The molecule has 2 rings (SSSR count). The van der Waals surface area contributed by atoms with E-state index in [0.29, 0.717) is 19.4 Å². The predicted molar refractivity (Wildman–Crippen MR) is 97.8 cm³/mol. The molecule has 0 saturated carbocycles. The quantitative estimate of drug-likeness (QED) is 0.463. The maximum atomic E-state index is 12.6. The van der Waals surface area contributed by atoms with Gasteiger partial charge in [-0.05, 0) is 31.0 Å². The molecule has 1 heterocycles. The maximum Gasteiger partial charge on any atom is 0.244 e. The molecular weight excluding hydrogens is 374 g/mol. The Morgan fingerprint density at radius 3 is 2.37 bits per heavy atom. The van der Waals surface area contributed by atoms with Crippen molar-refractivity contribution < 1.29 is 27.5 Å². The fourth-order valence-corrected chi connectivity index (χ4v) is 3.94. The van der Waals surface area contributed by atoms with Crippen LogP contribution in [0.4, 0.5) is 5.69 Å². The summed E-state index contributed by atoms with van der Waals surface area (Å²) in [5, 5.41) is 2.63. The molecule has 9 nitrogen and oxygen atoms in total. The second-order valence-corrected chi connectivity index (χ2v) is 7.78. The number of rotatable bonds is 9. The molecule has 0 bridgehead atoms. The van der Waals surface area contributed by atoms with Gasteiger partial charge in [0, 0.05) is 32.9 Å². The number of anilines is 1. The summed E-state index contributed by atoms with van der Waals surface area (Å²) in [4.78, 5) is 35.4. The lowest BCUT2D eigenvalue weighted by Gasteiger charge is -2.17. The van der Waals surface area contributed by atoms with Gasteiger partial charge in [-0.3, -0.25) is 19.3 Å². The van der Waals surface area contributed by atoms with Crippen LogP contribution in [0.3, 0.4) is 0 Å². The van der Waals surface area contributed by atoms with E-state index >= 15 is 0 Å². The Morgan fingerprint density at radius 2 is 1.78 bits per heavy atom. The smallest absolute Gasteiger partial charge is 0.244 e. The first-order chi connectivity index (χ1) is 12.8. The minimum absolute atomic E-state index is 0.111. The minimum atomic E-state index is -3.91. The van der Waals surface area contributed by atoms with Crippen molar-refractivity contribution in [2.24, 2.45) is 0 Å². The van der Waals surface area contributed by atoms with Gasteiger partial charge in [0.05, 0.1) is 12.8 Å². The first-order valence-electron chi connectivity index (χ1n) is 8.54. The molecule has 1 aliphatic rings. The number of carbonyl (C=O) groups excluding carboxylic acids is 3. The summed E-state index contributed by atoms with van der Waals surface area (Å²) in [7, 11) is -2.56. The molecule has 0 aliphatic carbocycles. The average Bonchev–Trinajstić information content (AvgIpc) is 2.95. The van der Waals surface area contributed by atoms with Crippen molar-refractivity contribution >= 4 is 33.4 Å². The van der Waals surface area contributed by atoms with E-state index < -0.39 is 10.0 Å². The molecule has 10 heteroatoms. The molecule has 0 unspecified atom stereocenters. The molecule has 1 aromatic rings. The Morgan fingerprint density at radius 1 is 1.15 bits per heavy atom. The van der Waals surface area contributed by atoms with Gasteiger partial charge in [0.25, 0.3) is 0 Å². The van der Waals surface area contributed by atoms with Gasteiger partial charge in [0.15, 0.2) is 0 Å². The Labute approximate surface area is 158 Å². The monoisotopic (exact) mass is 397 g/mol. The molecule has 1 aliphatic heterocycles. The molecule has 1 aromatic carbocycles. The summed E-state index contributed by atoms with van der Waals surface area (Å²) in [6.07, 6.45) is 1.37. The highest BCUT2D eigenvalue weighted by Gasteiger charge is 2.31. The van der Waals surface area contributed by atoms with Crippen molar-refractivity contribution in [3.63, 3.8) is 0 Å². The molecule has 2 N–H and O–H groups in total. The highest BCUT2D eigenvalue weighted by atomic mass is 32.2. The fourth-order valence-electron chi connectivity index (χ4n) is 2.68. The van der Waals surface area contributed by atoms with Crippen LogP contribution < -0.4 is 19.7 Å². The summed E-state index contributed by atoms with van der Waals surface area (Å²) in [6, 6.07) is 4.16. The van der Waals surface area contributed by atoms with Gasteiger partial charge in [-0.15, -0.1) is 0 Å². The lowest BCUT2D eigenvalue weighted by atomic mass is 10.2. The van der Waals surface area contributed by atoms with Crippen molar-refractivity contribution in [1.29, 1.82) is 0 Å². The third-order valence-electron chi connectivity index (χ3n) is 4.02. The van der Waals surface area contributed by atoms with Crippen LogP contribution in [0.5, 0.6) is 5.75 Å². The summed E-state index contributed by atoms with van der Waals surface area (Å²) < 4.78 is 32.9. The minimum Gasteiger partial charge on any atom is -0.495 e. The Hall–Kier alpha value is -2.46. The van der Waals surface area contributed by atoms with E-state index in [2.05, 4.69) is 10.0 Å². The molecule has 0 spiro atoms. The normalized spacial score (nSPS) is 14.5. The van der Waals surface area contributed by atoms with E-state index in [0.717, 1.165) is 4.90 Å². The van der Waals surface area contributed by atoms with Gasteiger partial charge in [0.1, 0.15) is 10.6 Å². The maximum absolute atomic E-state index is 12.6. The third-order valence-corrected chi connectivity index (χ3v) is 5.50. The van der Waals surface area contributed by atoms with Crippen LogP contribution in [-0.2, 0) is 24.4 Å². The number of sulfonamides is 1. The summed E-state index contributed by atoms with van der Waals surface area (Å²) in [5.74, 6) is -0.745. The average molecular weight is 397 g/mol. The van der Waals surface area contributed by atoms with Crippen molar-refractivity contribution in [3.8, 4) is 5.75 Å². The predicted octanol–water partition coefficient (Wildman–Crippen LogP) is 0.543. The first kappa shape index (κ1) is 20.8. The lowest BCUT2D eigenvalue weighted by molar-refractivity contribution is -0.121. The van der Waals surface area contributed by atoms with Crippen LogP contribution in [-0.4, -0.2) is 46.3 Å². The Balaban J connectivity index is 2.12. The van der Waals surface area contributed by atoms with E-state index in [4.69, 9.17) is 4.74 Å². The number of nitrogens with one attached hydrogen (secondary N) is 2. The van der Waals surface area contributed by atoms with E-state index in [1.165, 1.54) is 32.2 Å². The van der Waals surface area contributed by atoms with Crippen molar-refractivity contribution in [2.75, 3.05) is 25.1 Å². The van der Waals surface area contributed by atoms with Gasteiger partial charge in [-0.1, -0.05) is 0 Å². The van der Waals surface area contributed by atoms with Gasteiger partial charge in [-0.2, -0.15) is 0 Å². The van der Waals surface area contributed by atoms with E-state index in [1.807, 2.05) is 0 Å². The van der Waals surface area contributed by atoms with Gasteiger partial charge in [-0.25, -0.2) is 13.1 Å². The van der Waals surface area contributed by atoms with Crippen molar-refractivity contribution in [1.82, 2.24) is 10.0 Å². The zero-order valence-electron chi connectivity index (χ0n) is 15.3. The molecule has 0 aromatic heterocycles. The second-order valence-electron chi connectivity index (χ2n) is 6.05. The van der Waals surface area contributed by atoms with Gasteiger partial charge >= 0.3 is 0 Å². The highest BCUT2D eigenvalue weighted by molar-refractivity contribution is 7.89. The molecule has 1 fully saturated rings. The molecule has 3 amide bonds. The Bertz CT molecular complexity index is 821. The standard InChI is InChI=1S/C17H23N3O6S/c1-12(21)18-9-3-4-10-19-27(24,25)15-11-13(5-6-14(15)26-2)20-16(22)7-8-17(20)23/h5-6,11,19H,3-4,7-10H2,1-2H3,(H,18,21). The molecule has 1 saturated heterocycles. The summed E-state index contributed by atoms with van der Waals surface area (Å²) in [6.45, 7) is 2.06. The van der Waals surface area contributed by atoms with E-state index in [-0.39, 0.29) is 53.4 Å². The molecular formula is C17H23N3O6S. The number of nitrogens with zero attached hydrogens (tertiary/aromatic N) is 1. The number of hydrogen-bond acceptors (Lipinski definition) is 6. The van der Waals surface area contributed by atoms with Gasteiger partial charge in [0.2, 0.25) is 27.7 Å².